The number of hydrogen-bond donors (Lipinski definition) is 2. The van der Waals surface area contributed by atoms with Crippen LogP contribution in [0.4, 0.5) is 5.69 Å². The van der Waals surface area contributed by atoms with E-state index >= 15 is 0 Å². The predicted octanol–water partition coefficient (Wildman–Crippen LogP) is 3.49. The summed E-state index contributed by atoms with van der Waals surface area (Å²) < 4.78 is 20.7. The zero-order valence-corrected chi connectivity index (χ0v) is 12.2. The predicted molar refractivity (Wildman–Crippen MR) is 82.2 cm³/mol. The van der Waals surface area contributed by atoms with Crippen molar-refractivity contribution >= 4 is 40.3 Å². The molecule has 0 bridgehead atoms. The molecule has 0 aliphatic carbocycles. The first-order valence-corrected chi connectivity index (χ1v) is 7.03. The van der Waals surface area contributed by atoms with Gasteiger partial charge in [-0.2, -0.15) is 0 Å². The van der Waals surface area contributed by atoms with E-state index in [0.29, 0.717) is 5.69 Å². The molecule has 0 aliphatic rings. The van der Waals surface area contributed by atoms with Crippen LogP contribution in [0.1, 0.15) is 12.5 Å². The maximum atomic E-state index is 11.4. The number of hydrogen-bond acceptors (Lipinski definition) is 2. The number of allylic oxidation sites excluding steroid dienone is 3. The molecule has 1 aromatic carbocycles. The second-order valence-corrected chi connectivity index (χ2v) is 4.71. The van der Waals surface area contributed by atoms with Crippen LogP contribution in [0.15, 0.2) is 45.8 Å². The molecule has 1 aromatic rings. The molecule has 0 spiro atoms. The van der Waals surface area contributed by atoms with Crippen molar-refractivity contribution in [1.29, 1.82) is 0 Å². The Morgan fingerprint density at radius 2 is 2.26 bits per heavy atom. The van der Waals surface area contributed by atoms with Crippen molar-refractivity contribution in [2.24, 2.45) is 4.99 Å². The van der Waals surface area contributed by atoms with E-state index < -0.39 is 11.1 Å². The highest BCUT2D eigenvalue weighted by atomic mass is 35.5. The van der Waals surface area contributed by atoms with Crippen molar-refractivity contribution in [2.45, 2.75) is 11.8 Å². The Labute approximate surface area is 120 Å². The third-order valence-corrected chi connectivity index (χ3v) is 3.27. The van der Waals surface area contributed by atoms with Gasteiger partial charge < -0.3 is 9.87 Å². The summed E-state index contributed by atoms with van der Waals surface area (Å²) in [7, 11) is 1.61. The van der Waals surface area contributed by atoms with E-state index in [1.54, 1.807) is 19.2 Å². The number of aliphatic imine (C=N–C) groups is 1. The fourth-order valence-electron chi connectivity index (χ4n) is 1.47. The Bertz CT molecular complexity index is 554. The fourth-order valence-corrected chi connectivity index (χ4v) is 2.22. The summed E-state index contributed by atoms with van der Waals surface area (Å²) in [6, 6.07) is 5.15. The summed E-state index contributed by atoms with van der Waals surface area (Å²) in [6.45, 7) is 1.87. The van der Waals surface area contributed by atoms with E-state index in [1.165, 1.54) is 11.9 Å². The van der Waals surface area contributed by atoms with Crippen molar-refractivity contribution in [3.63, 3.8) is 0 Å². The van der Waals surface area contributed by atoms with Crippen LogP contribution in [-0.4, -0.2) is 22.1 Å². The normalized spacial score (nSPS) is 14.2. The molecular weight excluding hydrogens is 284 g/mol. The largest absolute Gasteiger partial charge is 0.346 e. The fraction of sp³-hybridized carbons (Fsp3) is 0.154. The first kappa shape index (κ1) is 15.6. The van der Waals surface area contributed by atoms with Crippen LogP contribution in [0.25, 0.3) is 5.57 Å². The van der Waals surface area contributed by atoms with E-state index in [2.05, 4.69) is 10.3 Å². The third-order valence-electron chi connectivity index (χ3n) is 2.32. The van der Waals surface area contributed by atoms with E-state index in [1.807, 2.05) is 25.1 Å². The Kier molecular flexibility index (Phi) is 6.49. The maximum Gasteiger partial charge on any atom is 0.188 e. The van der Waals surface area contributed by atoms with E-state index in [0.717, 1.165) is 11.1 Å². The van der Waals surface area contributed by atoms with Crippen LogP contribution in [0.3, 0.4) is 0 Å². The van der Waals surface area contributed by atoms with Gasteiger partial charge in [0.05, 0.1) is 16.9 Å². The molecular formula is C13H15ClN2O2S. The molecule has 1 unspecified atom stereocenters. The number of rotatable bonds is 5. The molecule has 0 saturated carbocycles. The minimum atomic E-state index is -2.10. The van der Waals surface area contributed by atoms with Crippen molar-refractivity contribution in [2.75, 3.05) is 12.4 Å². The van der Waals surface area contributed by atoms with Gasteiger partial charge in [0.1, 0.15) is 0 Å². The highest BCUT2D eigenvalue weighted by Crippen LogP contribution is 2.25. The first-order valence-electron chi connectivity index (χ1n) is 5.49. The lowest BCUT2D eigenvalue weighted by Crippen LogP contribution is -2.01. The van der Waals surface area contributed by atoms with Crippen molar-refractivity contribution in [3.8, 4) is 0 Å². The topological polar surface area (TPSA) is 61.7 Å². The highest BCUT2D eigenvalue weighted by Gasteiger charge is 2.09. The molecule has 1 rings (SSSR count). The van der Waals surface area contributed by atoms with Gasteiger partial charge in [0.15, 0.2) is 11.1 Å². The van der Waals surface area contributed by atoms with Gasteiger partial charge in [0.2, 0.25) is 0 Å². The van der Waals surface area contributed by atoms with Crippen LogP contribution in [-0.2, 0) is 11.1 Å². The van der Waals surface area contributed by atoms with Gasteiger partial charge in [0, 0.05) is 12.6 Å². The summed E-state index contributed by atoms with van der Waals surface area (Å²) in [5.74, 6) is 0. The van der Waals surface area contributed by atoms with Gasteiger partial charge in [0.25, 0.3) is 0 Å². The Morgan fingerprint density at radius 1 is 1.53 bits per heavy atom. The van der Waals surface area contributed by atoms with Gasteiger partial charge in [-0.3, -0.25) is 4.99 Å². The molecule has 4 nitrogen and oxygen atoms in total. The second-order valence-electron chi connectivity index (χ2n) is 3.56. The average Bonchev–Trinajstić information content (AvgIpc) is 2.42. The molecule has 0 amide bonds. The number of nitrogens with one attached hydrogen (secondary N) is 1. The molecule has 6 heteroatoms. The van der Waals surface area contributed by atoms with E-state index in [9.17, 15) is 8.76 Å². The Hall–Kier alpha value is -1.43. The smallest absolute Gasteiger partial charge is 0.188 e. The summed E-state index contributed by atoms with van der Waals surface area (Å²) >= 11 is 3.65. The Morgan fingerprint density at radius 3 is 2.79 bits per heavy atom. The first-order chi connectivity index (χ1) is 9.13. The third kappa shape index (κ3) is 4.31. The molecule has 19 heavy (non-hydrogen) atoms. The lowest BCUT2D eigenvalue weighted by atomic mass is 10.1. The molecule has 0 radical (unpaired) electrons. The van der Waals surface area contributed by atoms with E-state index in [-0.39, 0.29) is 4.90 Å². The van der Waals surface area contributed by atoms with Gasteiger partial charge in [-0.05, 0) is 30.2 Å². The molecule has 2 N–H and O–H groups in total. The standard InChI is InChI=1S/C13H15ClN2O2S/c1-3-4-11(8-14)10-5-6-12(16-9-15-2)13(7-10)19(17)18/h3-9H,1-2H3,(H,15,16)(H,17,18)/b4-3-,11-8-. The lowest BCUT2D eigenvalue weighted by molar-refractivity contribution is 0.565. The molecule has 0 fully saturated rings. The number of benzene rings is 1. The van der Waals surface area contributed by atoms with Crippen molar-refractivity contribution < 1.29 is 8.76 Å². The second kappa shape index (κ2) is 7.89. The molecule has 1 atom stereocenters. The maximum absolute atomic E-state index is 11.4. The molecule has 0 saturated heterocycles. The van der Waals surface area contributed by atoms with E-state index in [4.69, 9.17) is 11.6 Å². The quantitative estimate of drug-likeness (QED) is 0.378. The lowest BCUT2D eigenvalue weighted by Gasteiger charge is -2.09. The average molecular weight is 299 g/mol. The van der Waals surface area contributed by atoms with Crippen molar-refractivity contribution in [3.05, 3.63) is 41.4 Å². The van der Waals surface area contributed by atoms with Crippen LogP contribution in [0.5, 0.6) is 0 Å². The number of halogens is 1. The molecule has 0 aliphatic heterocycles. The Balaban J connectivity index is 3.26. The number of anilines is 1. The van der Waals surface area contributed by atoms with Gasteiger partial charge in [-0.1, -0.05) is 29.8 Å². The van der Waals surface area contributed by atoms with Crippen LogP contribution in [0, 0.1) is 0 Å². The van der Waals surface area contributed by atoms with Crippen LogP contribution >= 0.6 is 11.6 Å². The zero-order chi connectivity index (χ0) is 14.3. The van der Waals surface area contributed by atoms with Crippen LogP contribution in [0.2, 0.25) is 0 Å². The molecule has 0 aromatic heterocycles. The minimum Gasteiger partial charge on any atom is -0.346 e. The van der Waals surface area contributed by atoms with Gasteiger partial charge in [-0.15, -0.1) is 0 Å². The highest BCUT2D eigenvalue weighted by molar-refractivity contribution is 7.79. The van der Waals surface area contributed by atoms with Gasteiger partial charge >= 0.3 is 0 Å². The number of nitrogens with zero attached hydrogens (tertiary/aromatic N) is 1. The summed E-state index contributed by atoms with van der Waals surface area (Å²) in [5, 5.41) is 2.85. The molecule has 102 valence electrons. The van der Waals surface area contributed by atoms with Gasteiger partial charge in [-0.25, -0.2) is 4.21 Å². The summed E-state index contributed by atoms with van der Waals surface area (Å²) in [4.78, 5) is 4.05. The SMILES string of the molecule is C/C=C\C(=C\Cl)c1ccc(NC=NC)c(S(=O)O)c1. The monoisotopic (exact) mass is 298 g/mol. The zero-order valence-electron chi connectivity index (χ0n) is 10.6. The summed E-state index contributed by atoms with van der Waals surface area (Å²) in [6.07, 6.45) is 5.13. The van der Waals surface area contributed by atoms with Crippen LogP contribution < -0.4 is 5.32 Å². The summed E-state index contributed by atoms with van der Waals surface area (Å²) in [5.41, 5.74) is 3.50. The van der Waals surface area contributed by atoms with Crippen molar-refractivity contribution in [1.82, 2.24) is 0 Å². The molecule has 0 heterocycles. The minimum absolute atomic E-state index is 0.276.